The van der Waals surface area contributed by atoms with Gasteiger partial charge in [-0.15, -0.1) is 0 Å². The lowest BCUT2D eigenvalue weighted by Gasteiger charge is -2.35. The van der Waals surface area contributed by atoms with Gasteiger partial charge in [0.1, 0.15) is 11.6 Å². The van der Waals surface area contributed by atoms with Gasteiger partial charge in [0.25, 0.3) is 0 Å². The summed E-state index contributed by atoms with van der Waals surface area (Å²) < 4.78 is 59.2. The van der Waals surface area contributed by atoms with Crippen molar-refractivity contribution in [2.45, 2.75) is 6.18 Å². The van der Waals surface area contributed by atoms with E-state index in [1.165, 1.54) is 37.5 Å². The van der Waals surface area contributed by atoms with Crippen molar-refractivity contribution in [2.24, 2.45) is 0 Å². The van der Waals surface area contributed by atoms with Crippen LogP contribution in [0.5, 0.6) is 5.75 Å². The van der Waals surface area contributed by atoms with E-state index in [-0.39, 0.29) is 11.3 Å². The van der Waals surface area contributed by atoms with Crippen LogP contribution in [0.1, 0.15) is 21.5 Å². The Balaban J connectivity index is 1.72. The average Bonchev–Trinajstić information content (AvgIpc) is 2.87. The molecule has 0 N–H and O–H groups in total. The summed E-state index contributed by atoms with van der Waals surface area (Å²) in [5.41, 5.74) is 1.36. The molecule has 8 heteroatoms. The monoisotopic (exact) mass is 498 g/mol. The number of anilines is 1. The Morgan fingerprint density at radius 1 is 0.944 bits per heavy atom. The maximum Gasteiger partial charge on any atom is 0.416 e. The molecule has 0 aromatic heterocycles. The molecule has 0 spiro atoms. The summed E-state index contributed by atoms with van der Waals surface area (Å²) in [7, 11) is 3.46. The van der Waals surface area contributed by atoms with Crippen molar-refractivity contribution in [1.29, 1.82) is 0 Å². The van der Waals surface area contributed by atoms with Crippen LogP contribution >= 0.6 is 0 Å². The number of alkyl halides is 3. The smallest absolute Gasteiger partial charge is 0.416 e. The molecule has 188 valence electrons. The van der Waals surface area contributed by atoms with Gasteiger partial charge in [-0.1, -0.05) is 18.2 Å². The number of ether oxygens (including phenoxy) is 1. The van der Waals surface area contributed by atoms with Crippen LogP contribution in [0.25, 0.3) is 17.2 Å². The Morgan fingerprint density at radius 3 is 2.33 bits per heavy atom. The molecule has 1 heterocycles. The van der Waals surface area contributed by atoms with E-state index in [0.29, 0.717) is 41.2 Å². The first-order valence-electron chi connectivity index (χ1n) is 11.5. The van der Waals surface area contributed by atoms with Crippen molar-refractivity contribution >= 4 is 17.5 Å². The number of ketones is 1. The summed E-state index contributed by atoms with van der Waals surface area (Å²) in [4.78, 5) is 17.6. The van der Waals surface area contributed by atoms with Crippen LogP contribution in [-0.2, 0) is 6.18 Å². The fourth-order valence-corrected chi connectivity index (χ4v) is 4.14. The zero-order valence-electron chi connectivity index (χ0n) is 20.0. The predicted octanol–water partition coefficient (Wildman–Crippen LogP) is 6.17. The Hall–Kier alpha value is -3.65. The molecule has 0 saturated carbocycles. The molecule has 0 radical (unpaired) electrons. The molecule has 1 fully saturated rings. The van der Waals surface area contributed by atoms with E-state index in [2.05, 4.69) is 9.80 Å². The topological polar surface area (TPSA) is 32.8 Å². The Labute approximate surface area is 207 Å². The summed E-state index contributed by atoms with van der Waals surface area (Å²) in [5, 5.41) is 0. The number of rotatable bonds is 6. The van der Waals surface area contributed by atoms with Crippen LogP contribution in [0.2, 0.25) is 0 Å². The summed E-state index contributed by atoms with van der Waals surface area (Å²) in [6.45, 7) is 3.04. The Kier molecular flexibility index (Phi) is 7.45. The van der Waals surface area contributed by atoms with Gasteiger partial charge in [-0.3, -0.25) is 4.79 Å². The lowest BCUT2D eigenvalue weighted by molar-refractivity contribution is -0.137. The quantitative estimate of drug-likeness (QED) is 0.231. The molecule has 3 aromatic rings. The predicted molar refractivity (Wildman–Crippen MR) is 133 cm³/mol. The molecule has 0 amide bonds. The number of carbonyl (C=O) groups excluding carboxylic acids is 1. The van der Waals surface area contributed by atoms with Gasteiger partial charge >= 0.3 is 6.18 Å². The van der Waals surface area contributed by atoms with Crippen molar-refractivity contribution in [3.05, 3.63) is 89.2 Å². The molecule has 4 rings (SSSR count). The number of nitrogens with zero attached hydrogens (tertiary/aromatic N) is 2. The number of halogens is 4. The Morgan fingerprint density at radius 2 is 1.67 bits per heavy atom. The van der Waals surface area contributed by atoms with E-state index in [0.717, 1.165) is 25.2 Å². The first-order valence-corrected chi connectivity index (χ1v) is 11.5. The standard InChI is InChI=1S/C28H26F4N2O2/c1-33-12-14-34(15-13-33)26-10-7-21(20-4-3-5-22(16-20)28(30,31)32)17-24(26)27(35)11-8-19-6-9-23(36-2)18-25(19)29/h3-11,16-18H,12-15H2,1-2H3/b11-8+. The number of methoxy groups -OCH3 is 1. The maximum absolute atomic E-state index is 14.4. The first kappa shape index (κ1) is 25.4. The van der Waals surface area contributed by atoms with Crippen LogP contribution in [-0.4, -0.2) is 51.0 Å². The normalized spacial score (nSPS) is 14.9. The van der Waals surface area contributed by atoms with Crippen molar-refractivity contribution in [2.75, 3.05) is 45.2 Å². The summed E-state index contributed by atoms with van der Waals surface area (Å²) >= 11 is 0. The summed E-state index contributed by atoms with van der Waals surface area (Å²) in [6.07, 6.45) is -1.79. The second kappa shape index (κ2) is 10.5. The average molecular weight is 499 g/mol. The molecule has 1 aliphatic heterocycles. The molecule has 1 saturated heterocycles. The highest BCUT2D eigenvalue weighted by Gasteiger charge is 2.30. The third kappa shape index (κ3) is 5.76. The van der Waals surface area contributed by atoms with Gasteiger partial charge < -0.3 is 14.5 Å². The van der Waals surface area contributed by atoms with Gasteiger partial charge in [0, 0.05) is 49.1 Å². The second-order valence-electron chi connectivity index (χ2n) is 8.69. The lowest BCUT2D eigenvalue weighted by atomic mass is 9.97. The number of hydrogen-bond acceptors (Lipinski definition) is 4. The number of piperazine rings is 1. The SMILES string of the molecule is COc1ccc(/C=C/C(=O)c2cc(-c3cccc(C(F)(F)F)c3)ccc2N2CCN(C)CC2)c(F)c1. The minimum Gasteiger partial charge on any atom is -0.497 e. The van der Waals surface area contributed by atoms with E-state index in [1.54, 1.807) is 30.3 Å². The fraction of sp³-hybridized carbons (Fsp3) is 0.250. The third-order valence-corrected chi connectivity index (χ3v) is 6.25. The zero-order chi connectivity index (χ0) is 25.9. The highest BCUT2D eigenvalue weighted by molar-refractivity contribution is 6.11. The lowest BCUT2D eigenvalue weighted by Crippen LogP contribution is -2.45. The molecule has 0 bridgehead atoms. The maximum atomic E-state index is 14.4. The third-order valence-electron chi connectivity index (χ3n) is 6.25. The van der Waals surface area contributed by atoms with E-state index >= 15 is 0 Å². The van der Waals surface area contributed by atoms with Crippen LogP contribution in [0, 0.1) is 5.82 Å². The van der Waals surface area contributed by atoms with Crippen molar-refractivity contribution < 1.29 is 27.1 Å². The van der Waals surface area contributed by atoms with E-state index < -0.39 is 17.6 Å². The molecular weight excluding hydrogens is 472 g/mol. The minimum atomic E-state index is -4.47. The van der Waals surface area contributed by atoms with Gasteiger partial charge in [0.05, 0.1) is 12.7 Å². The molecule has 0 unspecified atom stereocenters. The second-order valence-corrected chi connectivity index (χ2v) is 8.69. The van der Waals surface area contributed by atoms with Gasteiger partial charge in [0.2, 0.25) is 0 Å². The van der Waals surface area contributed by atoms with Gasteiger partial charge in [0.15, 0.2) is 5.78 Å². The molecule has 0 aliphatic carbocycles. The number of benzene rings is 3. The van der Waals surface area contributed by atoms with E-state index in [1.807, 2.05) is 7.05 Å². The van der Waals surface area contributed by atoms with Gasteiger partial charge in [-0.25, -0.2) is 4.39 Å². The molecule has 3 aromatic carbocycles. The number of allylic oxidation sites excluding steroid dienone is 1. The summed E-state index contributed by atoms with van der Waals surface area (Å²) in [6, 6.07) is 14.5. The molecule has 36 heavy (non-hydrogen) atoms. The first-order chi connectivity index (χ1) is 17.2. The van der Waals surface area contributed by atoms with Gasteiger partial charge in [-0.05, 0) is 66.7 Å². The molecule has 1 aliphatic rings. The summed E-state index contributed by atoms with van der Waals surface area (Å²) in [5.74, 6) is -0.537. The minimum absolute atomic E-state index is 0.222. The zero-order valence-corrected chi connectivity index (χ0v) is 20.0. The van der Waals surface area contributed by atoms with Crippen LogP contribution in [0.4, 0.5) is 23.2 Å². The van der Waals surface area contributed by atoms with Crippen molar-refractivity contribution in [1.82, 2.24) is 4.90 Å². The van der Waals surface area contributed by atoms with Crippen LogP contribution in [0.15, 0.2) is 66.7 Å². The van der Waals surface area contributed by atoms with E-state index in [4.69, 9.17) is 4.74 Å². The number of likely N-dealkylation sites (N-methyl/N-ethyl adjacent to an activating group) is 1. The van der Waals surface area contributed by atoms with E-state index in [9.17, 15) is 22.4 Å². The number of carbonyl (C=O) groups is 1. The molecule has 0 atom stereocenters. The highest BCUT2D eigenvalue weighted by atomic mass is 19.4. The fourth-order valence-electron chi connectivity index (χ4n) is 4.14. The van der Waals surface area contributed by atoms with Crippen LogP contribution < -0.4 is 9.64 Å². The van der Waals surface area contributed by atoms with Crippen LogP contribution in [0.3, 0.4) is 0 Å². The van der Waals surface area contributed by atoms with Gasteiger partial charge in [-0.2, -0.15) is 13.2 Å². The van der Waals surface area contributed by atoms with Crippen molar-refractivity contribution in [3.63, 3.8) is 0 Å². The Bertz CT molecular complexity index is 1280. The van der Waals surface area contributed by atoms with Crippen molar-refractivity contribution in [3.8, 4) is 16.9 Å². The molecule has 4 nitrogen and oxygen atoms in total. The number of hydrogen-bond donors (Lipinski definition) is 0. The highest BCUT2D eigenvalue weighted by Crippen LogP contribution is 2.34. The largest absolute Gasteiger partial charge is 0.497 e. The molecular formula is C28H26F4N2O2.